The molecule has 8 heteroatoms. The lowest BCUT2D eigenvalue weighted by atomic mass is 10.2. The van der Waals surface area contributed by atoms with Crippen molar-refractivity contribution in [3.8, 4) is 0 Å². The van der Waals surface area contributed by atoms with Crippen molar-refractivity contribution in [3.63, 3.8) is 0 Å². The molecule has 3 rings (SSSR count). The second-order valence-corrected chi connectivity index (χ2v) is 6.92. The van der Waals surface area contributed by atoms with Crippen molar-refractivity contribution in [3.05, 3.63) is 65.6 Å². The number of H-pyrrole nitrogens is 1. The van der Waals surface area contributed by atoms with E-state index < -0.39 is 27.4 Å². The average molecular weight is 348 g/mol. The van der Waals surface area contributed by atoms with Crippen LogP contribution in [0.15, 0.2) is 53.4 Å². The van der Waals surface area contributed by atoms with E-state index in [2.05, 4.69) is 9.71 Å². The summed E-state index contributed by atoms with van der Waals surface area (Å²) in [5.41, 5.74) is 0.954. The van der Waals surface area contributed by atoms with E-state index in [1.165, 1.54) is 0 Å². The molecule has 0 spiro atoms. The van der Waals surface area contributed by atoms with Gasteiger partial charge in [0.2, 0.25) is 10.0 Å². The second kappa shape index (κ2) is 6.06. The molecule has 0 amide bonds. The molecule has 24 heavy (non-hydrogen) atoms. The number of fused-ring (bicyclic) bond motifs is 1. The van der Waals surface area contributed by atoms with E-state index in [1.54, 1.807) is 0 Å². The van der Waals surface area contributed by atoms with Gasteiger partial charge in [0.25, 0.3) is 0 Å². The molecule has 0 radical (unpaired) electrons. The molecule has 3 N–H and O–H groups in total. The first-order chi connectivity index (χ1) is 11.4. The van der Waals surface area contributed by atoms with E-state index in [-0.39, 0.29) is 11.4 Å². The van der Waals surface area contributed by atoms with Gasteiger partial charge < -0.3 is 10.1 Å². The van der Waals surface area contributed by atoms with Gasteiger partial charge in [-0.3, -0.25) is 0 Å². The fourth-order valence-electron chi connectivity index (χ4n) is 2.32. The highest BCUT2D eigenvalue weighted by atomic mass is 32.2. The van der Waals surface area contributed by atoms with Crippen molar-refractivity contribution in [2.24, 2.45) is 0 Å². The summed E-state index contributed by atoms with van der Waals surface area (Å²) >= 11 is 0. The van der Waals surface area contributed by atoms with Gasteiger partial charge in [-0.2, -0.15) is 0 Å². The average Bonchev–Trinajstić information content (AvgIpc) is 2.95. The van der Waals surface area contributed by atoms with Crippen LogP contribution in [0.4, 0.5) is 4.39 Å². The first kappa shape index (κ1) is 16.2. The van der Waals surface area contributed by atoms with Gasteiger partial charge in [0.1, 0.15) is 5.82 Å². The highest BCUT2D eigenvalue weighted by Gasteiger charge is 2.18. The van der Waals surface area contributed by atoms with E-state index in [0.717, 1.165) is 23.0 Å². The van der Waals surface area contributed by atoms with Gasteiger partial charge in [-0.25, -0.2) is 22.3 Å². The summed E-state index contributed by atoms with van der Waals surface area (Å²) in [5.74, 6) is -2.56. The molecule has 0 aliphatic heterocycles. The van der Waals surface area contributed by atoms with E-state index in [1.807, 2.05) is 30.3 Å². The number of aromatic carboxylic acids is 1. The normalized spacial score (nSPS) is 11.7. The third kappa shape index (κ3) is 3.15. The van der Waals surface area contributed by atoms with Crippen molar-refractivity contribution in [1.82, 2.24) is 9.71 Å². The van der Waals surface area contributed by atoms with Crippen LogP contribution >= 0.6 is 0 Å². The zero-order valence-corrected chi connectivity index (χ0v) is 13.1. The number of carbonyl (C=O) groups is 1. The lowest BCUT2D eigenvalue weighted by Gasteiger charge is -2.07. The predicted molar refractivity (Wildman–Crippen MR) is 85.7 cm³/mol. The number of aromatic nitrogens is 1. The molecule has 0 fully saturated rings. The molecule has 0 aliphatic carbocycles. The SMILES string of the molecule is O=C(O)c1ccc(S(=O)(=O)NCc2cc3ccccc3[nH]2)cc1F. The lowest BCUT2D eigenvalue weighted by Crippen LogP contribution is -2.23. The zero-order valence-electron chi connectivity index (χ0n) is 12.3. The number of carboxylic acid groups (broad SMARTS) is 1. The molecule has 1 heterocycles. The highest BCUT2D eigenvalue weighted by Crippen LogP contribution is 2.17. The van der Waals surface area contributed by atoms with Gasteiger partial charge in [0.15, 0.2) is 0 Å². The minimum Gasteiger partial charge on any atom is -0.478 e. The molecule has 0 saturated heterocycles. The Hall–Kier alpha value is -2.71. The maximum atomic E-state index is 13.7. The lowest BCUT2D eigenvalue weighted by molar-refractivity contribution is 0.0691. The van der Waals surface area contributed by atoms with Crippen LogP contribution in [0.5, 0.6) is 0 Å². The molecule has 0 atom stereocenters. The Morgan fingerprint density at radius 3 is 2.58 bits per heavy atom. The Morgan fingerprint density at radius 1 is 1.17 bits per heavy atom. The summed E-state index contributed by atoms with van der Waals surface area (Å²) in [6, 6.07) is 12.0. The Morgan fingerprint density at radius 2 is 1.92 bits per heavy atom. The summed E-state index contributed by atoms with van der Waals surface area (Å²) < 4.78 is 40.4. The van der Waals surface area contributed by atoms with Crippen molar-refractivity contribution >= 4 is 26.9 Å². The minimum atomic E-state index is -3.96. The largest absolute Gasteiger partial charge is 0.478 e. The van der Waals surface area contributed by atoms with Gasteiger partial charge in [-0.1, -0.05) is 18.2 Å². The van der Waals surface area contributed by atoms with E-state index >= 15 is 0 Å². The van der Waals surface area contributed by atoms with Crippen LogP contribution in [0.25, 0.3) is 10.9 Å². The van der Waals surface area contributed by atoms with Crippen LogP contribution in [0.2, 0.25) is 0 Å². The van der Waals surface area contributed by atoms with E-state index in [4.69, 9.17) is 5.11 Å². The predicted octanol–water partition coefficient (Wildman–Crippen LogP) is 2.48. The number of sulfonamides is 1. The first-order valence-electron chi connectivity index (χ1n) is 6.96. The van der Waals surface area contributed by atoms with E-state index in [9.17, 15) is 17.6 Å². The Balaban J connectivity index is 1.80. The van der Waals surface area contributed by atoms with Crippen molar-refractivity contribution in [1.29, 1.82) is 0 Å². The molecule has 0 saturated carbocycles. The molecule has 2 aromatic carbocycles. The summed E-state index contributed by atoms with van der Waals surface area (Å²) in [6.07, 6.45) is 0. The number of hydrogen-bond acceptors (Lipinski definition) is 3. The summed E-state index contributed by atoms with van der Waals surface area (Å²) in [5, 5.41) is 9.72. The van der Waals surface area contributed by atoms with Crippen LogP contribution in [-0.4, -0.2) is 24.5 Å². The monoisotopic (exact) mass is 348 g/mol. The van der Waals surface area contributed by atoms with Gasteiger partial charge in [-0.05, 0) is 35.7 Å². The van der Waals surface area contributed by atoms with Crippen LogP contribution in [0.1, 0.15) is 16.1 Å². The van der Waals surface area contributed by atoms with E-state index in [0.29, 0.717) is 11.8 Å². The van der Waals surface area contributed by atoms with Crippen LogP contribution < -0.4 is 4.72 Å². The molecule has 1 aromatic heterocycles. The molecule has 0 bridgehead atoms. The highest BCUT2D eigenvalue weighted by molar-refractivity contribution is 7.89. The van der Waals surface area contributed by atoms with Gasteiger partial charge in [0, 0.05) is 11.2 Å². The number of para-hydroxylation sites is 1. The minimum absolute atomic E-state index is 0.000680. The molecular formula is C16H13FN2O4S. The van der Waals surface area contributed by atoms with Gasteiger partial charge >= 0.3 is 5.97 Å². The molecule has 0 aliphatic rings. The molecule has 124 valence electrons. The molecular weight excluding hydrogens is 335 g/mol. The van der Waals surface area contributed by atoms with Crippen molar-refractivity contribution in [2.45, 2.75) is 11.4 Å². The summed E-state index contributed by atoms with van der Waals surface area (Å²) in [4.78, 5) is 13.5. The maximum Gasteiger partial charge on any atom is 0.338 e. The molecule has 0 unspecified atom stereocenters. The van der Waals surface area contributed by atoms with Crippen LogP contribution in [-0.2, 0) is 16.6 Å². The number of benzene rings is 2. The third-order valence-corrected chi connectivity index (χ3v) is 4.92. The summed E-state index contributed by atoms with van der Waals surface area (Å²) in [7, 11) is -3.96. The van der Waals surface area contributed by atoms with Gasteiger partial charge in [-0.15, -0.1) is 0 Å². The van der Waals surface area contributed by atoms with Crippen molar-refractivity contribution < 1.29 is 22.7 Å². The fraction of sp³-hybridized carbons (Fsp3) is 0.0625. The molecule has 3 aromatic rings. The standard InChI is InChI=1S/C16H13FN2O4S/c17-14-8-12(5-6-13(14)16(20)21)24(22,23)18-9-11-7-10-3-1-2-4-15(10)19-11/h1-8,18-19H,9H2,(H,20,21). The number of hydrogen-bond donors (Lipinski definition) is 3. The smallest absolute Gasteiger partial charge is 0.338 e. The maximum absolute atomic E-state index is 13.7. The quantitative estimate of drug-likeness (QED) is 0.659. The first-order valence-corrected chi connectivity index (χ1v) is 8.44. The number of aromatic amines is 1. The topological polar surface area (TPSA) is 99.3 Å². The van der Waals surface area contributed by atoms with Crippen molar-refractivity contribution in [2.75, 3.05) is 0 Å². The fourth-order valence-corrected chi connectivity index (χ4v) is 3.34. The number of nitrogens with one attached hydrogen (secondary N) is 2. The van der Waals surface area contributed by atoms with Crippen LogP contribution in [0.3, 0.4) is 0 Å². The Labute approximate surface area is 137 Å². The number of carboxylic acids is 1. The number of rotatable bonds is 5. The summed E-state index contributed by atoms with van der Waals surface area (Å²) in [6.45, 7) is -0.000680. The zero-order chi connectivity index (χ0) is 17.3. The van der Waals surface area contributed by atoms with Crippen LogP contribution in [0, 0.1) is 5.82 Å². The Kier molecular flexibility index (Phi) is 4.08. The second-order valence-electron chi connectivity index (χ2n) is 5.15. The molecule has 6 nitrogen and oxygen atoms in total. The third-order valence-electron chi connectivity index (χ3n) is 3.52. The Bertz CT molecular complexity index is 994. The van der Waals surface area contributed by atoms with Gasteiger partial charge in [0.05, 0.1) is 17.0 Å². The number of halogens is 1.